The zero-order valence-corrected chi connectivity index (χ0v) is 15.8. The van der Waals surface area contributed by atoms with Gasteiger partial charge in [0.05, 0.1) is 6.04 Å². The predicted molar refractivity (Wildman–Crippen MR) is 105 cm³/mol. The summed E-state index contributed by atoms with van der Waals surface area (Å²) < 4.78 is 0. The van der Waals surface area contributed by atoms with Crippen LogP contribution in [0.5, 0.6) is 0 Å². The average molecular weight is 392 g/mol. The van der Waals surface area contributed by atoms with Gasteiger partial charge >= 0.3 is 0 Å². The van der Waals surface area contributed by atoms with Crippen LogP contribution in [0.3, 0.4) is 0 Å². The summed E-state index contributed by atoms with van der Waals surface area (Å²) in [6, 6.07) is 15.2. The Balaban J connectivity index is 1.63. The molecular weight excluding hydrogens is 372 g/mol. The zero-order chi connectivity index (χ0) is 20.8. The van der Waals surface area contributed by atoms with Crippen LogP contribution in [0.25, 0.3) is 11.4 Å². The van der Waals surface area contributed by atoms with Crippen molar-refractivity contribution in [2.45, 2.75) is 25.9 Å². The van der Waals surface area contributed by atoms with Gasteiger partial charge in [-0.1, -0.05) is 42.5 Å². The van der Waals surface area contributed by atoms with E-state index in [2.05, 4.69) is 20.7 Å². The Labute approximate surface area is 166 Å². The molecule has 0 saturated carbocycles. The third-order valence-electron chi connectivity index (χ3n) is 4.27. The highest BCUT2D eigenvalue weighted by Gasteiger charge is 2.18. The van der Waals surface area contributed by atoms with Crippen molar-refractivity contribution in [2.75, 3.05) is 0 Å². The summed E-state index contributed by atoms with van der Waals surface area (Å²) in [6.45, 7) is 1.26. The van der Waals surface area contributed by atoms with E-state index in [1.165, 1.54) is 6.92 Å². The van der Waals surface area contributed by atoms with Crippen molar-refractivity contribution < 1.29 is 14.4 Å². The maximum absolute atomic E-state index is 12.3. The number of Topliss-reactive ketones (excluding diaryl/α,β-unsaturated/α-hetero) is 1. The molecule has 0 radical (unpaired) electrons. The number of nitrogens with one attached hydrogen (secondary N) is 1. The van der Waals surface area contributed by atoms with Crippen molar-refractivity contribution in [3.63, 3.8) is 0 Å². The number of rotatable bonds is 8. The monoisotopic (exact) mass is 392 g/mol. The van der Waals surface area contributed by atoms with Gasteiger partial charge in [0, 0.05) is 11.1 Å². The topological polar surface area (TPSA) is 133 Å². The molecule has 29 heavy (non-hydrogen) atoms. The number of nitrogens with zero attached hydrogens (tertiary/aromatic N) is 4. The summed E-state index contributed by atoms with van der Waals surface area (Å²) >= 11 is 0. The molecule has 0 aliphatic heterocycles. The van der Waals surface area contributed by atoms with Crippen molar-refractivity contribution in [1.82, 2.24) is 25.5 Å². The first-order valence-electron chi connectivity index (χ1n) is 8.94. The van der Waals surface area contributed by atoms with Gasteiger partial charge in [0.1, 0.15) is 6.54 Å². The first kappa shape index (κ1) is 19.9. The second-order valence-corrected chi connectivity index (χ2v) is 6.51. The van der Waals surface area contributed by atoms with Crippen LogP contribution in [-0.2, 0) is 22.6 Å². The first-order valence-corrected chi connectivity index (χ1v) is 8.94. The van der Waals surface area contributed by atoms with Gasteiger partial charge in [0.2, 0.25) is 17.6 Å². The van der Waals surface area contributed by atoms with Gasteiger partial charge in [-0.05, 0) is 36.3 Å². The highest BCUT2D eigenvalue weighted by molar-refractivity contribution is 5.93. The number of hydrogen-bond acceptors (Lipinski definition) is 6. The van der Waals surface area contributed by atoms with Gasteiger partial charge in [0.15, 0.2) is 5.78 Å². The molecule has 1 heterocycles. The number of tetrazole rings is 1. The zero-order valence-electron chi connectivity index (χ0n) is 15.8. The molecule has 0 unspecified atom stereocenters. The highest BCUT2D eigenvalue weighted by atomic mass is 16.2. The van der Waals surface area contributed by atoms with Crippen molar-refractivity contribution in [1.29, 1.82) is 0 Å². The molecular formula is C20H20N6O3. The largest absolute Gasteiger partial charge is 0.366 e. The number of aromatic nitrogens is 4. The van der Waals surface area contributed by atoms with Crippen LogP contribution in [0.2, 0.25) is 0 Å². The average Bonchev–Trinajstić information content (AvgIpc) is 3.16. The molecule has 148 valence electrons. The molecule has 9 nitrogen and oxygen atoms in total. The van der Waals surface area contributed by atoms with Gasteiger partial charge in [-0.15, -0.1) is 10.2 Å². The summed E-state index contributed by atoms with van der Waals surface area (Å²) in [6.07, 6.45) is 0.407. The molecule has 0 bridgehead atoms. The fraction of sp³-hybridized carbons (Fsp3) is 0.200. The number of primary amides is 1. The van der Waals surface area contributed by atoms with E-state index in [4.69, 9.17) is 5.73 Å². The lowest BCUT2D eigenvalue weighted by Crippen LogP contribution is -2.43. The normalized spacial score (nSPS) is 11.6. The SMILES string of the molecule is CC(=O)[C@H](Cc1ccccc1)NC(=O)Cn1nnc(-c2ccc(C(N)=O)cc2)n1. The summed E-state index contributed by atoms with van der Waals surface area (Å²) in [4.78, 5) is 36.5. The number of carbonyl (C=O) groups excluding carboxylic acids is 3. The van der Waals surface area contributed by atoms with Crippen LogP contribution < -0.4 is 11.1 Å². The van der Waals surface area contributed by atoms with Gasteiger partial charge in [-0.25, -0.2) is 0 Å². The van der Waals surface area contributed by atoms with E-state index in [1.807, 2.05) is 30.3 Å². The quantitative estimate of drug-likeness (QED) is 0.581. The van der Waals surface area contributed by atoms with Crippen LogP contribution in [0.15, 0.2) is 54.6 Å². The molecule has 0 aliphatic carbocycles. The maximum atomic E-state index is 12.3. The molecule has 0 saturated heterocycles. The molecule has 3 rings (SSSR count). The van der Waals surface area contributed by atoms with Crippen molar-refractivity contribution in [2.24, 2.45) is 5.73 Å². The highest BCUT2D eigenvalue weighted by Crippen LogP contribution is 2.14. The van der Waals surface area contributed by atoms with Gasteiger partial charge < -0.3 is 11.1 Å². The van der Waals surface area contributed by atoms with Crippen LogP contribution in [0, 0.1) is 0 Å². The molecule has 2 aromatic carbocycles. The summed E-state index contributed by atoms with van der Waals surface area (Å²) in [7, 11) is 0. The van der Waals surface area contributed by atoms with E-state index in [0.29, 0.717) is 23.4 Å². The van der Waals surface area contributed by atoms with Gasteiger partial charge in [-0.3, -0.25) is 14.4 Å². The van der Waals surface area contributed by atoms with E-state index in [0.717, 1.165) is 10.4 Å². The lowest BCUT2D eigenvalue weighted by molar-refractivity contribution is -0.127. The van der Waals surface area contributed by atoms with E-state index >= 15 is 0 Å². The lowest BCUT2D eigenvalue weighted by atomic mass is 10.0. The second-order valence-electron chi connectivity index (χ2n) is 6.51. The minimum atomic E-state index is -0.630. The van der Waals surface area contributed by atoms with Crippen molar-refractivity contribution >= 4 is 17.6 Å². The smallest absolute Gasteiger partial charge is 0.248 e. The summed E-state index contributed by atoms with van der Waals surface area (Å²) in [5, 5.41) is 14.7. The number of nitrogens with two attached hydrogens (primary N) is 1. The molecule has 1 atom stereocenters. The Morgan fingerprint density at radius 1 is 1.07 bits per heavy atom. The third-order valence-corrected chi connectivity index (χ3v) is 4.27. The Morgan fingerprint density at radius 2 is 1.76 bits per heavy atom. The lowest BCUT2D eigenvalue weighted by Gasteiger charge is -2.15. The number of hydrogen-bond donors (Lipinski definition) is 2. The fourth-order valence-electron chi connectivity index (χ4n) is 2.72. The van der Waals surface area contributed by atoms with Crippen LogP contribution >= 0.6 is 0 Å². The fourth-order valence-corrected chi connectivity index (χ4v) is 2.72. The van der Waals surface area contributed by atoms with Crippen LogP contribution in [-0.4, -0.2) is 43.8 Å². The van der Waals surface area contributed by atoms with Crippen molar-refractivity contribution in [3.05, 3.63) is 65.7 Å². The molecule has 9 heteroatoms. The molecule has 1 aromatic heterocycles. The van der Waals surface area contributed by atoms with E-state index < -0.39 is 17.9 Å². The first-order chi connectivity index (χ1) is 13.9. The Bertz CT molecular complexity index is 1010. The second kappa shape index (κ2) is 8.87. The molecule has 0 aliphatic rings. The number of ketones is 1. The molecule has 0 fully saturated rings. The predicted octanol–water partition coefficient (Wildman–Crippen LogP) is 0.755. The van der Waals surface area contributed by atoms with Crippen molar-refractivity contribution in [3.8, 4) is 11.4 Å². The maximum Gasteiger partial charge on any atom is 0.248 e. The Morgan fingerprint density at radius 3 is 2.38 bits per heavy atom. The van der Waals surface area contributed by atoms with E-state index in [-0.39, 0.29) is 12.3 Å². The van der Waals surface area contributed by atoms with E-state index in [1.54, 1.807) is 24.3 Å². The molecule has 3 aromatic rings. The van der Waals surface area contributed by atoms with E-state index in [9.17, 15) is 14.4 Å². The third kappa shape index (κ3) is 5.32. The molecule has 3 N–H and O–H groups in total. The number of benzene rings is 2. The summed E-state index contributed by atoms with van der Waals surface area (Å²) in [5.74, 6) is -0.750. The standard InChI is InChI=1S/C20H20N6O3/c1-13(27)17(11-14-5-3-2-4-6-14)22-18(28)12-26-24-20(23-25-26)16-9-7-15(8-10-16)19(21)29/h2-10,17H,11-12H2,1H3,(H2,21,29)(H,22,28)/t17-/m0/s1. The van der Waals surface area contributed by atoms with Crippen LogP contribution in [0.4, 0.5) is 0 Å². The van der Waals surface area contributed by atoms with Crippen LogP contribution in [0.1, 0.15) is 22.8 Å². The Kier molecular flexibility index (Phi) is 6.08. The minimum absolute atomic E-state index is 0.135. The Hall–Kier alpha value is -3.88. The molecule has 0 spiro atoms. The number of carbonyl (C=O) groups is 3. The summed E-state index contributed by atoms with van der Waals surface area (Å²) in [5.41, 5.74) is 7.17. The van der Waals surface area contributed by atoms with Gasteiger partial charge in [-0.2, -0.15) is 4.80 Å². The molecule has 2 amide bonds. The number of amides is 2. The van der Waals surface area contributed by atoms with Gasteiger partial charge in [0.25, 0.3) is 0 Å². The minimum Gasteiger partial charge on any atom is -0.366 e.